The Morgan fingerprint density at radius 1 is 1.07 bits per heavy atom. The van der Waals surface area contributed by atoms with E-state index in [0.29, 0.717) is 21.3 Å². The average molecular weight is 450 g/mol. The summed E-state index contributed by atoms with van der Waals surface area (Å²) >= 11 is 1.27. The number of hydrogen-bond donors (Lipinski definition) is 0. The quantitative estimate of drug-likeness (QED) is 0.610. The number of halogens is 1. The molecule has 1 amide bonds. The summed E-state index contributed by atoms with van der Waals surface area (Å²) in [5.74, 6) is 0.728. The zero-order valence-electron chi connectivity index (χ0n) is 16.5. The monoisotopic (exact) mass is 449 g/mol. The Hall–Kier alpha value is -2.56. The minimum absolute atomic E-state index is 0.0420. The van der Waals surface area contributed by atoms with Crippen molar-refractivity contribution in [3.05, 3.63) is 58.5 Å². The molecule has 0 spiro atoms. The Morgan fingerprint density at radius 2 is 1.73 bits per heavy atom. The van der Waals surface area contributed by atoms with E-state index >= 15 is 0 Å². The molecule has 2 aromatic heterocycles. The minimum Gasteiger partial charge on any atom is -0.459 e. The van der Waals surface area contributed by atoms with E-state index in [2.05, 4.69) is 4.98 Å². The van der Waals surface area contributed by atoms with Crippen molar-refractivity contribution in [3.8, 4) is 10.8 Å². The van der Waals surface area contributed by atoms with E-state index in [1.165, 1.54) is 27.8 Å². The van der Waals surface area contributed by atoms with Gasteiger partial charge < -0.3 is 9.32 Å². The Labute approximate surface area is 177 Å². The number of hydrogen-bond acceptors (Lipinski definition) is 6. The fourth-order valence-electron chi connectivity index (χ4n) is 3.28. The predicted molar refractivity (Wildman–Crippen MR) is 110 cm³/mol. The zero-order valence-corrected chi connectivity index (χ0v) is 18.1. The molecule has 10 heteroatoms. The van der Waals surface area contributed by atoms with Gasteiger partial charge in [0, 0.05) is 26.2 Å². The molecule has 0 unspecified atom stereocenters. The van der Waals surface area contributed by atoms with Crippen molar-refractivity contribution in [1.82, 2.24) is 14.2 Å². The number of piperazine rings is 1. The number of carbonyl (C=O) groups is 1. The zero-order chi connectivity index (χ0) is 21.5. The molecule has 0 radical (unpaired) electrons. The largest absolute Gasteiger partial charge is 0.459 e. The maximum atomic E-state index is 13.1. The molecule has 1 aliphatic heterocycles. The molecule has 3 heterocycles. The molecule has 1 fully saturated rings. The van der Waals surface area contributed by atoms with Crippen LogP contribution in [0, 0.1) is 19.7 Å². The summed E-state index contributed by atoms with van der Waals surface area (Å²) in [5.41, 5.74) is 0.621. The first-order valence-electron chi connectivity index (χ1n) is 9.35. The van der Waals surface area contributed by atoms with Gasteiger partial charge in [-0.05, 0) is 50.2 Å². The highest BCUT2D eigenvalue weighted by atomic mass is 32.2. The highest BCUT2D eigenvalue weighted by molar-refractivity contribution is 7.89. The maximum Gasteiger partial charge on any atom is 0.265 e. The van der Waals surface area contributed by atoms with E-state index in [-0.39, 0.29) is 37.0 Å². The lowest BCUT2D eigenvalue weighted by Gasteiger charge is -2.33. The van der Waals surface area contributed by atoms with E-state index < -0.39 is 15.8 Å². The van der Waals surface area contributed by atoms with Crippen molar-refractivity contribution in [2.75, 3.05) is 26.2 Å². The fraction of sp³-hybridized carbons (Fsp3) is 0.300. The van der Waals surface area contributed by atoms with Crippen molar-refractivity contribution >= 4 is 27.3 Å². The second-order valence-corrected chi connectivity index (χ2v) is 9.93. The van der Waals surface area contributed by atoms with Crippen LogP contribution >= 0.6 is 11.3 Å². The molecule has 0 bridgehead atoms. The molecule has 0 aliphatic carbocycles. The van der Waals surface area contributed by atoms with Crippen LogP contribution in [-0.2, 0) is 10.0 Å². The summed E-state index contributed by atoms with van der Waals surface area (Å²) in [6.07, 6.45) is 0. The number of thiazole rings is 1. The topological polar surface area (TPSA) is 83.7 Å². The van der Waals surface area contributed by atoms with Crippen LogP contribution < -0.4 is 0 Å². The van der Waals surface area contributed by atoms with E-state index in [9.17, 15) is 17.6 Å². The van der Waals surface area contributed by atoms with Gasteiger partial charge in [-0.2, -0.15) is 4.31 Å². The number of benzene rings is 1. The van der Waals surface area contributed by atoms with Crippen LogP contribution in [0.3, 0.4) is 0 Å². The molecule has 3 aromatic rings. The molecule has 0 saturated carbocycles. The van der Waals surface area contributed by atoms with Crippen LogP contribution in [0.25, 0.3) is 10.8 Å². The molecule has 1 aliphatic rings. The molecule has 4 rings (SSSR count). The van der Waals surface area contributed by atoms with E-state index in [1.807, 2.05) is 19.1 Å². The van der Waals surface area contributed by atoms with Crippen molar-refractivity contribution in [3.63, 3.8) is 0 Å². The number of aromatic nitrogens is 1. The minimum atomic E-state index is -3.72. The standard InChI is InChI=1S/C20H20FN3O4S2/c1-13-3-8-17(28-13)19-22-14(2)18(29-19)20(25)23-9-11-24(12-10-23)30(26,27)16-6-4-15(21)5-7-16/h3-8H,9-12H2,1-2H3. The van der Waals surface area contributed by atoms with Gasteiger partial charge >= 0.3 is 0 Å². The summed E-state index contributed by atoms with van der Waals surface area (Å²) in [4.78, 5) is 19.6. The number of sulfonamides is 1. The number of furan rings is 1. The summed E-state index contributed by atoms with van der Waals surface area (Å²) in [7, 11) is -3.72. The Morgan fingerprint density at radius 3 is 2.33 bits per heavy atom. The summed E-state index contributed by atoms with van der Waals surface area (Å²) in [6, 6.07) is 8.41. The van der Waals surface area contributed by atoms with E-state index in [1.54, 1.807) is 11.8 Å². The van der Waals surface area contributed by atoms with Gasteiger partial charge in [0.25, 0.3) is 5.91 Å². The molecule has 7 nitrogen and oxygen atoms in total. The normalized spacial score (nSPS) is 15.5. The molecular weight excluding hydrogens is 429 g/mol. The van der Waals surface area contributed by atoms with Gasteiger partial charge in [0.15, 0.2) is 10.8 Å². The number of carbonyl (C=O) groups excluding carboxylic acids is 1. The smallest absolute Gasteiger partial charge is 0.265 e. The van der Waals surface area contributed by atoms with Gasteiger partial charge in [0.05, 0.1) is 10.6 Å². The van der Waals surface area contributed by atoms with Gasteiger partial charge in [0.1, 0.15) is 16.5 Å². The predicted octanol–water partition coefficient (Wildman–Crippen LogP) is 3.31. The van der Waals surface area contributed by atoms with Crippen molar-refractivity contribution in [1.29, 1.82) is 0 Å². The summed E-state index contributed by atoms with van der Waals surface area (Å²) in [6.45, 7) is 4.51. The van der Waals surface area contributed by atoms with E-state index in [0.717, 1.165) is 17.9 Å². The summed E-state index contributed by atoms with van der Waals surface area (Å²) in [5, 5.41) is 0.640. The molecule has 0 atom stereocenters. The van der Waals surface area contributed by atoms with Gasteiger partial charge in [-0.25, -0.2) is 17.8 Å². The van der Waals surface area contributed by atoms with Gasteiger partial charge in [-0.1, -0.05) is 0 Å². The number of amides is 1. The van der Waals surface area contributed by atoms with Crippen LogP contribution in [0.1, 0.15) is 21.1 Å². The van der Waals surface area contributed by atoms with Gasteiger partial charge in [-0.3, -0.25) is 4.79 Å². The molecule has 158 valence electrons. The highest BCUT2D eigenvalue weighted by Crippen LogP contribution is 2.30. The third kappa shape index (κ3) is 3.90. The summed E-state index contributed by atoms with van der Waals surface area (Å²) < 4.78 is 45.5. The Balaban J connectivity index is 1.46. The van der Waals surface area contributed by atoms with Crippen molar-refractivity contribution < 1.29 is 22.0 Å². The first kappa shape index (κ1) is 20.7. The fourth-order valence-corrected chi connectivity index (χ4v) is 5.70. The third-order valence-electron chi connectivity index (χ3n) is 4.92. The van der Waals surface area contributed by atoms with Crippen LogP contribution in [-0.4, -0.2) is 54.7 Å². The second-order valence-electron chi connectivity index (χ2n) is 6.99. The van der Waals surface area contributed by atoms with E-state index in [4.69, 9.17) is 4.42 Å². The lowest BCUT2D eigenvalue weighted by molar-refractivity contribution is 0.0702. The molecule has 30 heavy (non-hydrogen) atoms. The lowest BCUT2D eigenvalue weighted by atomic mass is 10.3. The number of aryl methyl sites for hydroxylation is 2. The Bertz CT molecular complexity index is 1180. The van der Waals surface area contributed by atoms with Gasteiger partial charge in [0.2, 0.25) is 10.0 Å². The second kappa shape index (κ2) is 7.93. The highest BCUT2D eigenvalue weighted by Gasteiger charge is 2.31. The number of rotatable bonds is 4. The van der Waals surface area contributed by atoms with Crippen molar-refractivity contribution in [2.24, 2.45) is 0 Å². The molecule has 0 N–H and O–H groups in total. The van der Waals surface area contributed by atoms with Crippen LogP contribution in [0.15, 0.2) is 45.7 Å². The molecule has 1 saturated heterocycles. The van der Waals surface area contributed by atoms with Crippen LogP contribution in [0.5, 0.6) is 0 Å². The molecule has 1 aromatic carbocycles. The number of nitrogens with zero attached hydrogens (tertiary/aromatic N) is 3. The third-order valence-corrected chi connectivity index (χ3v) is 7.99. The Kier molecular flexibility index (Phi) is 5.48. The SMILES string of the molecule is Cc1ccc(-c2nc(C)c(C(=O)N3CCN(S(=O)(=O)c4ccc(F)cc4)CC3)s2)o1. The first-order valence-corrected chi connectivity index (χ1v) is 11.6. The first-order chi connectivity index (χ1) is 14.3. The van der Waals surface area contributed by atoms with Crippen LogP contribution in [0.4, 0.5) is 4.39 Å². The maximum absolute atomic E-state index is 13.1. The average Bonchev–Trinajstić information content (AvgIpc) is 3.33. The van der Waals surface area contributed by atoms with Gasteiger partial charge in [-0.15, -0.1) is 11.3 Å². The lowest BCUT2D eigenvalue weighted by Crippen LogP contribution is -2.50. The molecular formula is C20H20FN3O4S2. The van der Waals surface area contributed by atoms with Crippen LogP contribution in [0.2, 0.25) is 0 Å². The van der Waals surface area contributed by atoms with Crippen molar-refractivity contribution in [2.45, 2.75) is 18.7 Å².